The van der Waals surface area contributed by atoms with E-state index < -0.39 is 23.6 Å². The lowest BCUT2D eigenvalue weighted by Crippen LogP contribution is -2.22. The molecule has 0 bridgehead atoms. The third-order valence-corrected chi connectivity index (χ3v) is 4.66. The second-order valence-corrected chi connectivity index (χ2v) is 6.62. The van der Waals surface area contributed by atoms with Crippen molar-refractivity contribution in [2.45, 2.75) is 32.6 Å². The summed E-state index contributed by atoms with van der Waals surface area (Å²) in [5.41, 5.74) is 8.00. The zero-order valence-corrected chi connectivity index (χ0v) is 14.5. The van der Waals surface area contributed by atoms with Crippen molar-refractivity contribution in [1.29, 1.82) is 0 Å². The van der Waals surface area contributed by atoms with Crippen LogP contribution >= 0.6 is 0 Å². The minimum atomic E-state index is -0.873. The highest BCUT2D eigenvalue weighted by molar-refractivity contribution is 6.15. The Hall–Kier alpha value is -2.96. The van der Waals surface area contributed by atoms with Crippen LogP contribution in [0.5, 0.6) is 0 Å². The molecular formula is C19H18FN3O3. The molecule has 2 atom stereocenters. The molecule has 1 saturated carbocycles. The van der Waals surface area contributed by atoms with Gasteiger partial charge >= 0.3 is 0 Å². The molecule has 1 aromatic heterocycles. The second kappa shape index (κ2) is 6.74. The molecule has 0 spiro atoms. The van der Waals surface area contributed by atoms with Crippen LogP contribution in [0.4, 0.5) is 4.39 Å². The van der Waals surface area contributed by atoms with Crippen LogP contribution in [0.25, 0.3) is 11.4 Å². The number of ketones is 2. The largest absolute Gasteiger partial charge is 0.370 e. The fourth-order valence-corrected chi connectivity index (χ4v) is 3.59. The van der Waals surface area contributed by atoms with Gasteiger partial charge in [-0.1, -0.05) is 0 Å². The first kappa shape index (κ1) is 17.8. The summed E-state index contributed by atoms with van der Waals surface area (Å²) >= 11 is 0. The number of halogens is 1. The Morgan fingerprint density at radius 2 is 1.77 bits per heavy atom. The summed E-state index contributed by atoms with van der Waals surface area (Å²) in [6.45, 7) is 3.61. The molecule has 7 heteroatoms. The third-order valence-electron chi connectivity index (χ3n) is 4.66. The Bertz CT molecular complexity index is 886. The molecule has 26 heavy (non-hydrogen) atoms. The van der Waals surface area contributed by atoms with Crippen LogP contribution in [-0.4, -0.2) is 27.4 Å². The maximum atomic E-state index is 13.0. The fraction of sp³-hybridized carbons (Fsp3) is 0.316. The van der Waals surface area contributed by atoms with Gasteiger partial charge in [0.1, 0.15) is 11.7 Å². The molecule has 0 radical (unpaired) electrons. The van der Waals surface area contributed by atoms with Crippen molar-refractivity contribution in [2.75, 3.05) is 0 Å². The Morgan fingerprint density at radius 3 is 2.31 bits per heavy atom. The third kappa shape index (κ3) is 3.24. The van der Waals surface area contributed by atoms with Gasteiger partial charge in [-0.3, -0.25) is 14.4 Å². The van der Waals surface area contributed by atoms with E-state index in [2.05, 4.69) is 9.97 Å². The van der Waals surface area contributed by atoms with E-state index in [9.17, 15) is 18.8 Å². The van der Waals surface area contributed by atoms with E-state index in [1.54, 1.807) is 26.0 Å². The summed E-state index contributed by atoms with van der Waals surface area (Å²) in [4.78, 5) is 44.1. The summed E-state index contributed by atoms with van der Waals surface area (Å²) in [5, 5.41) is 0. The van der Waals surface area contributed by atoms with Gasteiger partial charge in [0.15, 0.2) is 17.4 Å². The SMILES string of the molecule is Cc1cc(-c2ncc(F)cn2)cc(C)c1C1C(=O)CC(CC(N)=O)C1=O. The smallest absolute Gasteiger partial charge is 0.218 e. The number of nitrogens with zero attached hydrogens (tertiary/aromatic N) is 2. The van der Waals surface area contributed by atoms with Gasteiger partial charge in [-0.2, -0.15) is 0 Å². The highest BCUT2D eigenvalue weighted by atomic mass is 19.1. The lowest BCUT2D eigenvalue weighted by atomic mass is 9.86. The van der Waals surface area contributed by atoms with E-state index in [0.717, 1.165) is 23.5 Å². The Kier molecular flexibility index (Phi) is 4.63. The van der Waals surface area contributed by atoms with Gasteiger partial charge in [-0.15, -0.1) is 0 Å². The van der Waals surface area contributed by atoms with Crippen LogP contribution in [0.3, 0.4) is 0 Å². The molecule has 134 valence electrons. The first-order valence-electron chi connectivity index (χ1n) is 8.21. The average Bonchev–Trinajstić information content (AvgIpc) is 2.82. The van der Waals surface area contributed by atoms with Crippen molar-refractivity contribution in [1.82, 2.24) is 9.97 Å². The van der Waals surface area contributed by atoms with Crippen molar-refractivity contribution in [3.05, 3.63) is 47.0 Å². The van der Waals surface area contributed by atoms with Crippen LogP contribution in [0.1, 0.15) is 35.4 Å². The molecule has 1 aliphatic rings. The van der Waals surface area contributed by atoms with E-state index >= 15 is 0 Å². The lowest BCUT2D eigenvalue weighted by Gasteiger charge is -2.17. The molecule has 0 aliphatic heterocycles. The summed E-state index contributed by atoms with van der Waals surface area (Å²) in [6, 6.07) is 3.55. The van der Waals surface area contributed by atoms with E-state index in [-0.39, 0.29) is 24.4 Å². The number of hydrogen-bond acceptors (Lipinski definition) is 5. The predicted molar refractivity (Wildman–Crippen MR) is 91.6 cm³/mol. The van der Waals surface area contributed by atoms with Crippen molar-refractivity contribution < 1.29 is 18.8 Å². The molecule has 6 nitrogen and oxygen atoms in total. The van der Waals surface area contributed by atoms with E-state index in [1.807, 2.05) is 0 Å². The zero-order chi connectivity index (χ0) is 19.0. The van der Waals surface area contributed by atoms with Gasteiger partial charge in [-0.25, -0.2) is 14.4 Å². The number of carbonyl (C=O) groups is 3. The normalized spacial score (nSPS) is 19.8. The van der Waals surface area contributed by atoms with Crippen LogP contribution in [0.15, 0.2) is 24.5 Å². The van der Waals surface area contributed by atoms with Crippen molar-refractivity contribution in [2.24, 2.45) is 11.7 Å². The molecule has 1 aliphatic carbocycles. The summed E-state index contributed by atoms with van der Waals surface area (Å²) in [5.74, 6) is -2.73. The highest BCUT2D eigenvalue weighted by Crippen LogP contribution is 2.38. The van der Waals surface area contributed by atoms with Gasteiger partial charge in [0.2, 0.25) is 5.91 Å². The van der Waals surface area contributed by atoms with Gasteiger partial charge in [0.25, 0.3) is 0 Å². The van der Waals surface area contributed by atoms with E-state index in [1.165, 1.54) is 0 Å². The Morgan fingerprint density at radius 1 is 1.19 bits per heavy atom. The van der Waals surface area contributed by atoms with Gasteiger partial charge in [0, 0.05) is 24.3 Å². The van der Waals surface area contributed by atoms with Gasteiger partial charge < -0.3 is 5.73 Å². The fourth-order valence-electron chi connectivity index (χ4n) is 3.59. The number of Topliss-reactive ketones (excluding diaryl/α,β-unsaturated/α-hetero) is 2. The molecule has 3 rings (SSSR count). The van der Waals surface area contributed by atoms with Crippen LogP contribution in [0.2, 0.25) is 0 Å². The minimum Gasteiger partial charge on any atom is -0.370 e. The molecule has 1 heterocycles. The van der Waals surface area contributed by atoms with E-state index in [0.29, 0.717) is 17.0 Å². The lowest BCUT2D eigenvalue weighted by molar-refractivity contribution is -0.127. The van der Waals surface area contributed by atoms with Crippen LogP contribution < -0.4 is 5.73 Å². The molecule has 2 unspecified atom stereocenters. The van der Waals surface area contributed by atoms with Crippen molar-refractivity contribution >= 4 is 17.5 Å². The molecule has 1 fully saturated rings. The number of rotatable bonds is 4. The quantitative estimate of drug-likeness (QED) is 0.845. The Labute approximate surface area is 149 Å². The van der Waals surface area contributed by atoms with Crippen molar-refractivity contribution in [3.63, 3.8) is 0 Å². The number of hydrogen-bond donors (Lipinski definition) is 1. The topological polar surface area (TPSA) is 103 Å². The number of aromatic nitrogens is 2. The highest BCUT2D eigenvalue weighted by Gasteiger charge is 2.43. The zero-order valence-electron chi connectivity index (χ0n) is 14.5. The molecule has 2 N–H and O–H groups in total. The molecule has 0 saturated heterocycles. The van der Waals surface area contributed by atoms with Gasteiger partial charge in [0.05, 0.1) is 12.4 Å². The molecule has 1 amide bonds. The number of amides is 1. The molecular weight excluding hydrogens is 337 g/mol. The second-order valence-electron chi connectivity index (χ2n) is 6.62. The van der Waals surface area contributed by atoms with Crippen molar-refractivity contribution in [3.8, 4) is 11.4 Å². The van der Waals surface area contributed by atoms with Crippen LogP contribution in [-0.2, 0) is 14.4 Å². The molecule has 1 aromatic carbocycles. The summed E-state index contributed by atoms with van der Waals surface area (Å²) in [6.07, 6.45) is 2.09. The molecule has 2 aromatic rings. The maximum Gasteiger partial charge on any atom is 0.218 e. The average molecular weight is 355 g/mol. The monoisotopic (exact) mass is 355 g/mol. The first-order chi connectivity index (χ1) is 12.3. The number of carbonyl (C=O) groups excluding carboxylic acids is 3. The first-order valence-corrected chi connectivity index (χ1v) is 8.21. The summed E-state index contributed by atoms with van der Waals surface area (Å²) < 4.78 is 13.0. The number of nitrogens with two attached hydrogens (primary N) is 1. The standard InChI is InChI=1S/C19H18FN3O3/c1-9-3-12(19-22-7-13(20)8-23-19)4-10(2)16(9)17-14(24)5-11(18(17)26)6-15(21)25/h3-4,7-8,11,17H,5-6H2,1-2H3,(H2,21,25). The number of benzene rings is 1. The Balaban J connectivity index is 1.99. The number of aryl methyl sites for hydroxylation is 2. The predicted octanol–water partition coefficient (Wildman–Crippen LogP) is 2.02. The minimum absolute atomic E-state index is 0.0359. The summed E-state index contributed by atoms with van der Waals surface area (Å²) in [7, 11) is 0. The van der Waals surface area contributed by atoms with E-state index in [4.69, 9.17) is 5.73 Å². The number of primary amides is 1. The van der Waals surface area contributed by atoms with Crippen LogP contribution in [0, 0.1) is 25.6 Å². The van der Waals surface area contributed by atoms with Gasteiger partial charge in [-0.05, 0) is 42.7 Å². The maximum absolute atomic E-state index is 13.0.